The van der Waals surface area contributed by atoms with Gasteiger partial charge >= 0.3 is 0 Å². The van der Waals surface area contributed by atoms with Crippen molar-refractivity contribution in [1.82, 2.24) is 14.8 Å². The van der Waals surface area contributed by atoms with Crippen molar-refractivity contribution in [3.05, 3.63) is 64.4 Å². The van der Waals surface area contributed by atoms with Gasteiger partial charge in [0.15, 0.2) is 11.5 Å². The van der Waals surface area contributed by atoms with Crippen LogP contribution in [0.1, 0.15) is 62.8 Å². The summed E-state index contributed by atoms with van der Waals surface area (Å²) in [5.74, 6) is 2.62. The van der Waals surface area contributed by atoms with Crippen LogP contribution in [0.25, 0.3) is 0 Å². The Morgan fingerprint density at radius 3 is 2.63 bits per heavy atom. The maximum Gasteiger partial charge on any atom is 0.255 e. The summed E-state index contributed by atoms with van der Waals surface area (Å²) in [5, 5.41) is 11.9. The number of methoxy groups -OCH3 is 1. The average Bonchev–Trinajstić information content (AvgIpc) is 3.30. The molecule has 0 radical (unpaired) electrons. The van der Waals surface area contributed by atoms with E-state index < -0.39 is 6.04 Å². The largest absolute Gasteiger partial charge is 0.493 e. The summed E-state index contributed by atoms with van der Waals surface area (Å²) in [6, 6.07) is 11.3. The summed E-state index contributed by atoms with van der Waals surface area (Å²) in [5.41, 5.74) is 5.08. The third-order valence-corrected chi connectivity index (χ3v) is 7.45. The molecule has 0 saturated heterocycles. The third kappa shape index (κ3) is 5.99. The molecule has 1 aliphatic heterocycles. The minimum absolute atomic E-state index is 0.196. The van der Waals surface area contributed by atoms with E-state index in [1.165, 1.54) is 0 Å². The van der Waals surface area contributed by atoms with Crippen molar-refractivity contribution in [2.24, 2.45) is 0 Å². The molecule has 3 aromatic rings. The molecule has 4 rings (SSSR count). The quantitative estimate of drug-likeness (QED) is 0.214. The summed E-state index contributed by atoms with van der Waals surface area (Å²) in [6.45, 7) is 10.8. The van der Waals surface area contributed by atoms with Gasteiger partial charge in [0.2, 0.25) is 11.1 Å². The second-order valence-electron chi connectivity index (χ2n) is 9.46. The molecule has 2 N–H and O–H groups in total. The number of carbonyl (C=O) groups excluding carboxylic acids is 1. The number of benzene rings is 2. The van der Waals surface area contributed by atoms with Crippen LogP contribution in [-0.4, -0.2) is 40.1 Å². The van der Waals surface area contributed by atoms with Gasteiger partial charge in [-0.15, -0.1) is 5.10 Å². The molecule has 0 saturated carbocycles. The molecule has 0 fully saturated rings. The van der Waals surface area contributed by atoms with Crippen molar-refractivity contribution < 1.29 is 14.3 Å². The standard InChI is InChI=1S/C29H37N5O3S/c1-7-9-14-37-23-13-11-21(17-24(23)36-6)26-25(27(35)31-22-12-10-18(3)16-19(22)4)20(5)30-28-32-29(33-34(26)28)38-15-8-2/h10-13,16-17,26H,7-9,14-15H2,1-6H3,(H,31,35)(H,30,32,33). The summed E-state index contributed by atoms with van der Waals surface area (Å²) >= 11 is 1.60. The number of hydrogen-bond acceptors (Lipinski definition) is 7. The maximum absolute atomic E-state index is 13.9. The zero-order chi connectivity index (χ0) is 27.2. The van der Waals surface area contributed by atoms with Crippen LogP contribution in [0.2, 0.25) is 0 Å². The second kappa shape index (κ2) is 12.4. The van der Waals surface area contributed by atoms with Gasteiger partial charge < -0.3 is 20.1 Å². The van der Waals surface area contributed by atoms with Gasteiger partial charge in [-0.25, -0.2) is 4.68 Å². The Hall–Kier alpha value is -3.46. The average molecular weight is 536 g/mol. The Balaban J connectivity index is 1.76. The molecular formula is C29H37N5O3S. The minimum Gasteiger partial charge on any atom is -0.493 e. The molecule has 0 aliphatic carbocycles. The second-order valence-corrected chi connectivity index (χ2v) is 10.5. The first kappa shape index (κ1) is 27.6. The van der Waals surface area contributed by atoms with Crippen LogP contribution in [-0.2, 0) is 4.79 Å². The van der Waals surface area contributed by atoms with Crippen molar-refractivity contribution in [3.8, 4) is 11.5 Å². The van der Waals surface area contributed by atoms with E-state index in [9.17, 15) is 4.79 Å². The van der Waals surface area contributed by atoms with Crippen molar-refractivity contribution >= 4 is 29.3 Å². The predicted octanol–water partition coefficient (Wildman–Crippen LogP) is 6.51. The summed E-state index contributed by atoms with van der Waals surface area (Å²) in [7, 11) is 1.63. The number of unbranched alkanes of at least 4 members (excludes halogenated alkanes) is 1. The first-order valence-corrected chi connectivity index (χ1v) is 14.1. The van der Waals surface area contributed by atoms with Gasteiger partial charge in [0.05, 0.1) is 19.3 Å². The number of aromatic nitrogens is 3. The molecule has 202 valence electrons. The summed E-state index contributed by atoms with van der Waals surface area (Å²) in [4.78, 5) is 18.6. The zero-order valence-electron chi connectivity index (χ0n) is 23.1. The number of aryl methyl sites for hydroxylation is 2. The van der Waals surface area contributed by atoms with Crippen LogP contribution in [0.15, 0.2) is 52.8 Å². The van der Waals surface area contributed by atoms with Crippen LogP contribution in [0.3, 0.4) is 0 Å². The number of thioether (sulfide) groups is 1. The normalized spacial score (nSPS) is 14.6. The highest BCUT2D eigenvalue weighted by atomic mass is 32.2. The molecule has 1 unspecified atom stereocenters. The summed E-state index contributed by atoms with van der Waals surface area (Å²) in [6.07, 6.45) is 3.03. The van der Waals surface area contributed by atoms with Crippen molar-refractivity contribution in [1.29, 1.82) is 0 Å². The lowest BCUT2D eigenvalue weighted by Gasteiger charge is -2.29. The van der Waals surface area contributed by atoms with Gasteiger partial charge in [-0.1, -0.05) is 55.8 Å². The van der Waals surface area contributed by atoms with Crippen molar-refractivity contribution in [2.75, 3.05) is 30.1 Å². The first-order valence-electron chi connectivity index (χ1n) is 13.1. The number of rotatable bonds is 11. The van der Waals surface area contributed by atoms with Crippen LogP contribution < -0.4 is 20.1 Å². The topological polar surface area (TPSA) is 90.3 Å². The van der Waals surface area contributed by atoms with Crippen molar-refractivity contribution in [3.63, 3.8) is 0 Å². The number of amides is 1. The highest BCUT2D eigenvalue weighted by Gasteiger charge is 2.35. The van der Waals surface area contributed by atoms with Gasteiger partial charge in [0, 0.05) is 17.1 Å². The number of ether oxygens (including phenoxy) is 2. The van der Waals surface area contributed by atoms with Gasteiger partial charge in [-0.3, -0.25) is 4.79 Å². The molecule has 1 amide bonds. The van der Waals surface area contributed by atoms with Crippen LogP contribution in [0.5, 0.6) is 11.5 Å². The molecule has 9 heteroatoms. The highest BCUT2D eigenvalue weighted by Crippen LogP contribution is 2.40. The van der Waals surface area contributed by atoms with Crippen LogP contribution in [0.4, 0.5) is 11.6 Å². The highest BCUT2D eigenvalue weighted by molar-refractivity contribution is 7.99. The molecule has 0 bridgehead atoms. The smallest absolute Gasteiger partial charge is 0.255 e. The Morgan fingerprint density at radius 2 is 1.92 bits per heavy atom. The fourth-order valence-corrected chi connectivity index (χ4v) is 5.12. The molecule has 8 nitrogen and oxygen atoms in total. The number of allylic oxidation sites excluding steroid dienone is 1. The zero-order valence-corrected chi connectivity index (χ0v) is 23.9. The Labute approximate surface area is 229 Å². The predicted molar refractivity (Wildman–Crippen MR) is 153 cm³/mol. The molecule has 1 aliphatic rings. The van der Waals surface area contributed by atoms with Crippen molar-refractivity contribution in [2.45, 2.75) is 65.1 Å². The Kier molecular flexibility index (Phi) is 8.99. The first-order chi connectivity index (χ1) is 18.4. The molecule has 1 atom stereocenters. The number of carbonyl (C=O) groups is 1. The number of fused-ring (bicyclic) bond motifs is 1. The monoisotopic (exact) mass is 535 g/mol. The molecular weight excluding hydrogens is 498 g/mol. The Bertz CT molecular complexity index is 1330. The lowest BCUT2D eigenvalue weighted by Crippen LogP contribution is -2.31. The van der Waals surface area contributed by atoms with Crippen LogP contribution >= 0.6 is 11.8 Å². The third-order valence-electron chi connectivity index (χ3n) is 6.40. The molecule has 2 aromatic carbocycles. The van der Waals surface area contributed by atoms with E-state index in [2.05, 4.69) is 30.5 Å². The fourth-order valence-electron chi connectivity index (χ4n) is 4.43. The lowest BCUT2D eigenvalue weighted by atomic mass is 9.94. The van der Waals surface area contributed by atoms with E-state index in [1.807, 2.05) is 51.1 Å². The van der Waals surface area contributed by atoms with E-state index >= 15 is 0 Å². The van der Waals surface area contributed by atoms with Gasteiger partial charge in [0.25, 0.3) is 5.91 Å². The van der Waals surface area contributed by atoms with Gasteiger partial charge in [0.1, 0.15) is 6.04 Å². The minimum atomic E-state index is -0.501. The Morgan fingerprint density at radius 1 is 1.11 bits per heavy atom. The van der Waals surface area contributed by atoms with Gasteiger partial charge in [-0.05, 0) is 62.9 Å². The number of nitrogens with one attached hydrogen (secondary N) is 2. The maximum atomic E-state index is 13.9. The molecule has 38 heavy (non-hydrogen) atoms. The van der Waals surface area contributed by atoms with E-state index in [0.29, 0.717) is 34.8 Å². The lowest BCUT2D eigenvalue weighted by molar-refractivity contribution is -0.113. The number of anilines is 2. The van der Waals surface area contributed by atoms with E-state index in [0.717, 1.165) is 53.1 Å². The van der Waals surface area contributed by atoms with Gasteiger partial charge in [-0.2, -0.15) is 4.98 Å². The van der Waals surface area contributed by atoms with E-state index in [-0.39, 0.29) is 5.91 Å². The van der Waals surface area contributed by atoms with E-state index in [4.69, 9.17) is 19.6 Å². The van der Waals surface area contributed by atoms with Crippen LogP contribution in [0, 0.1) is 13.8 Å². The van der Waals surface area contributed by atoms with E-state index in [1.54, 1.807) is 23.6 Å². The number of hydrogen-bond donors (Lipinski definition) is 2. The fraction of sp³-hybridized carbons (Fsp3) is 0.414. The molecule has 2 heterocycles. The molecule has 0 spiro atoms. The number of nitrogens with zero attached hydrogens (tertiary/aromatic N) is 3. The SMILES string of the molecule is CCCCOc1ccc(C2C(C(=O)Nc3ccc(C)cc3C)=C(C)Nc3nc(SCCC)nn32)cc1OC. The molecule has 1 aromatic heterocycles. The summed E-state index contributed by atoms with van der Waals surface area (Å²) < 4.78 is 13.5.